The van der Waals surface area contributed by atoms with Gasteiger partial charge in [0.25, 0.3) is 0 Å². The minimum absolute atomic E-state index is 0.120. The molecular formula is C11H12FNO3S. The number of aromatic nitrogens is 1. The maximum absolute atomic E-state index is 13.7. The summed E-state index contributed by atoms with van der Waals surface area (Å²) in [7, 11) is 0. The Labute approximate surface area is 102 Å². The fourth-order valence-electron chi connectivity index (χ4n) is 1.64. The van der Waals surface area contributed by atoms with Gasteiger partial charge in [0, 0.05) is 18.6 Å². The third-order valence-corrected chi connectivity index (χ3v) is 3.61. The molecular weight excluding hydrogens is 245 g/mol. The summed E-state index contributed by atoms with van der Waals surface area (Å²) in [4.78, 5) is 14.6. The van der Waals surface area contributed by atoms with E-state index in [1.54, 1.807) is 0 Å². The van der Waals surface area contributed by atoms with Crippen molar-refractivity contribution in [1.82, 2.24) is 4.98 Å². The van der Waals surface area contributed by atoms with E-state index in [0.29, 0.717) is 5.75 Å². The summed E-state index contributed by atoms with van der Waals surface area (Å²) in [5.41, 5.74) is -0.338. The standard InChI is InChI=1S/C11H12FNO3S/c12-9-8(11(14)15)3-4-13-10(9)17-6-7-2-1-5-16-7/h3-4,7H,1-2,5-6H2,(H,14,15). The molecule has 92 valence electrons. The maximum Gasteiger partial charge on any atom is 0.338 e. The summed E-state index contributed by atoms with van der Waals surface area (Å²) >= 11 is 1.20. The summed E-state index contributed by atoms with van der Waals surface area (Å²) in [6, 6.07) is 1.16. The number of carboxylic acid groups (broad SMARTS) is 1. The molecule has 0 saturated carbocycles. The van der Waals surface area contributed by atoms with E-state index in [4.69, 9.17) is 9.84 Å². The van der Waals surface area contributed by atoms with Gasteiger partial charge in [-0.3, -0.25) is 0 Å². The van der Waals surface area contributed by atoms with Gasteiger partial charge in [0.15, 0.2) is 5.82 Å². The number of thioether (sulfide) groups is 1. The number of carbonyl (C=O) groups is 1. The Morgan fingerprint density at radius 2 is 2.53 bits per heavy atom. The third-order valence-electron chi connectivity index (χ3n) is 2.52. The van der Waals surface area contributed by atoms with Crippen molar-refractivity contribution in [3.05, 3.63) is 23.6 Å². The number of aromatic carboxylic acids is 1. The van der Waals surface area contributed by atoms with Crippen molar-refractivity contribution in [1.29, 1.82) is 0 Å². The molecule has 6 heteroatoms. The summed E-state index contributed by atoms with van der Waals surface area (Å²) in [5, 5.41) is 8.89. The van der Waals surface area contributed by atoms with Crippen LogP contribution in [0.2, 0.25) is 0 Å². The molecule has 1 atom stereocenters. The van der Waals surface area contributed by atoms with Gasteiger partial charge in [-0.1, -0.05) is 0 Å². The summed E-state index contributed by atoms with van der Waals surface area (Å²) in [6.07, 6.45) is 3.42. The van der Waals surface area contributed by atoms with E-state index < -0.39 is 11.8 Å². The third kappa shape index (κ3) is 2.95. The van der Waals surface area contributed by atoms with Gasteiger partial charge in [0.1, 0.15) is 5.03 Å². The SMILES string of the molecule is O=C(O)c1ccnc(SCC2CCCO2)c1F. The lowest BCUT2D eigenvalue weighted by Gasteiger charge is -2.09. The van der Waals surface area contributed by atoms with Crippen LogP contribution in [0.25, 0.3) is 0 Å². The topological polar surface area (TPSA) is 59.4 Å². The molecule has 4 nitrogen and oxygen atoms in total. The maximum atomic E-state index is 13.7. The molecule has 1 aromatic rings. The Hall–Kier alpha value is -1.14. The number of carboxylic acids is 1. The fraction of sp³-hybridized carbons (Fsp3) is 0.455. The first-order chi connectivity index (χ1) is 8.18. The molecule has 1 aliphatic heterocycles. The van der Waals surface area contributed by atoms with Gasteiger partial charge >= 0.3 is 5.97 Å². The average molecular weight is 257 g/mol. The Morgan fingerprint density at radius 1 is 1.71 bits per heavy atom. The molecule has 1 saturated heterocycles. The fourth-order valence-corrected chi connectivity index (χ4v) is 2.62. The van der Waals surface area contributed by atoms with E-state index in [1.807, 2.05) is 0 Å². The molecule has 2 heterocycles. The first-order valence-corrected chi connectivity index (χ1v) is 6.29. The van der Waals surface area contributed by atoms with Crippen LogP contribution in [0.3, 0.4) is 0 Å². The van der Waals surface area contributed by atoms with Crippen molar-refractivity contribution in [2.75, 3.05) is 12.4 Å². The Bertz CT molecular complexity index is 421. The van der Waals surface area contributed by atoms with Crippen molar-refractivity contribution in [2.45, 2.75) is 24.0 Å². The van der Waals surface area contributed by atoms with Gasteiger partial charge in [-0.2, -0.15) is 0 Å². The van der Waals surface area contributed by atoms with Crippen molar-refractivity contribution in [2.24, 2.45) is 0 Å². The number of hydrogen-bond donors (Lipinski definition) is 1. The summed E-state index contributed by atoms with van der Waals surface area (Å²) < 4.78 is 19.1. The lowest BCUT2D eigenvalue weighted by atomic mass is 10.3. The van der Waals surface area contributed by atoms with Gasteiger partial charge in [0.2, 0.25) is 0 Å². The van der Waals surface area contributed by atoms with Crippen molar-refractivity contribution >= 4 is 17.7 Å². The van der Waals surface area contributed by atoms with E-state index >= 15 is 0 Å². The molecule has 1 N–H and O–H groups in total. The minimum atomic E-state index is -1.27. The zero-order valence-corrected chi connectivity index (χ0v) is 9.87. The number of pyridine rings is 1. The number of hydrogen-bond acceptors (Lipinski definition) is 4. The van der Waals surface area contributed by atoms with Crippen LogP contribution in [0, 0.1) is 5.82 Å². The van der Waals surface area contributed by atoms with Crippen LogP contribution in [0.5, 0.6) is 0 Å². The van der Waals surface area contributed by atoms with Crippen LogP contribution in [-0.4, -0.2) is 34.5 Å². The largest absolute Gasteiger partial charge is 0.478 e. The second-order valence-corrected chi connectivity index (χ2v) is 4.74. The van der Waals surface area contributed by atoms with Crippen LogP contribution < -0.4 is 0 Å². The predicted molar refractivity (Wildman–Crippen MR) is 60.9 cm³/mol. The smallest absolute Gasteiger partial charge is 0.338 e. The Balaban J connectivity index is 2.04. The van der Waals surface area contributed by atoms with Crippen molar-refractivity contribution in [3.63, 3.8) is 0 Å². The molecule has 0 aromatic carbocycles. The van der Waals surface area contributed by atoms with Crippen LogP contribution >= 0.6 is 11.8 Å². The van der Waals surface area contributed by atoms with E-state index in [2.05, 4.69) is 4.98 Å². The molecule has 1 aromatic heterocycles. The molecule has 0 bridgehead atoms. The van der Waals surface area contributed by atoms with Gasteiger partial charge in [-0.25, -0.2) is 14.2 Å². The molecule has 1 fully saturated rings. The highest BCUT2D eigenvalue weighted by atomic mass is 32.2. The quantitative estimate of drug-likeness (QED) is 0.838. The van der Waals surface area contributed by atoms with E-state index in [9.17, 15) is 9.18 Å². The molecule has 2 rings (SSSR count). The normalized spacial score (nSPS) is 19.5. The van der Waals surface area contributed by atoms with E-state index in [-0.39, 0.29) is 16.7 Å². The van der Waals surface area contributed by atoms with Crippen LogP contribution in [-0.2, 0) is 4.74 Å². The molecule has 1 unspecified atom stereocenters. The first-order valence-electron chi connectivity index (χ1n) is 5.30. The number of rotatable bonds is 4. The zero-order chi connectivity index (χ0) is 12.3. The van der Waals surface area contributed by atoms with Crippen molar-refractivity contribution < 1.29 is 19.0 Å². The zero-order valence-electron chi connectivity index (χ0n) is 9.06. The van der Waals surface area contributed by atoms with Crippen LogP contribution in [0.15, 0.2) is 17.3 Å². The molecule has 17 heavy (non-hydrogen) atoms. The van der Waals surface area contributed by atoms with Crippen LogP contribution in [0.4, 0.5) is 4.39 Å². The lowest BCUT2D eigenvalue weighted by molar-refractivity contribution is 0.0691. The Morgan fingerprint density at radius 3 is 3.18 bits per heavy atom. The summed E-state index contributed by atoms with van der Waals surface area (Å²) in [6.45, 7) is 0.746. The van der Waals surface area contributed by atoms with Gasteiger partial charge < -0.3 is 9.84 Å². The summed E-state index contributed by atoms with van der Waals surface area (Å²) in [5.74, 6) is -1.43. The first kappa shape index (κ1) is 12.3. The Kier molecular flexibility index (Phi) is 3.96. The second kappa shape index (κ2) is 5.46. The highest BCUT2D eigenvalue weighted by molar-refractivity contribution is 7.99. The second-order valence-electron chi connectivity index (χ2n) is 3.73. The van der Waals surface area contributed by atoms with Gasteiger partial charge in [-0.05, 0) is 18.9 Å². The number of ether oxygens (including phenoxy) is 1. The highest BCUT2D eigenvalue weighted by Crippen LogP contribution is 2.25. The lowest BCUT2D eigenvalue weighted by Crippen LogP contribution is -2.09. The molecule has 0 aliphatic carbocycles. The molecule has 0 radical (unpaired) electrons. The van der Waals surface area contributed by atoms with E-state index in [1.165, 1.54) is 18.0 Å². The number of nitrogens with zero attached hydrogens (tertiary/aromatic N) is 1. The van der Waals surface area contributed by atoms with Gasteiger partial charge in [0.05, 0.1) is 11.7 Å². The van der Waals surface area contributed by atoms with E-state index in [0.717, 1.165) is 25.5 Å². The predicted octanol–water partition coefficient (Wildman–Crippen LogP) is 2.19. The molecule has 0 amide bonds. The van der Waals surface area contributed by atoms with Gasteiger partial charge in [-0.15, -0.1) is 11.8 Å². The number of halogens is 1. The minimum Gasteiger partial charge on any atom is -0.478 e. The highest BCUT2D eigenvalue weighted by Gasteiger charge is 2.19. The molecule has 1 aliphatic rings. The van der Waals surface area contributed by atoms with Crippen molar-refractivity contribution in [3.8, 4) is 0 Å². The average Bonchev–Trinajstić information content (AvgIpc) is 2.80. The monoisotopic (exact) mass is 257 g/mol. The van der Waals surface area contributed by atoms with Crippen LogP contribution in [0.1, 0.15) is 23.2 Å². The molecule has 0 spiro atoms.